The maximum Gasteiger partial charge on any atom is 0.534 e. The number of ether oxygens (including phenoxy) is 1. The Bertz CT molecular complexity index is 852. The third kappa shape index (κ3) is 3.42. The van der Waals surface area contributed by atoms with E-state index in [1.165, 1.54) is 6.07 Å². The first kappa shape index (κ1) is 17.5. The van der Waals surface area contributed by atoms with Crippen LogP contribution in [0.15, 0.2) is 17.5 Å². The van der Waals surface area contributed by atoms with E-state index < -0.39 is 27.3 Å². The van der Waals surface area contributed by atoms with Crippen LogP contribution in [-0.2, 0) is 14.9 Å². The molecule has 0 aliphatic rings. The number of thiophene rings is 1. The van der Waals surface area contributed by atoms with Crippen LogP contribution in [0.1, 0.15) is 22.8 Å². The van der Waals surface area contributed by atoms with E-state index in [0.717, 1.165) is 17.4 Å². The lowest BCUT2D eigenvalue weighted by Crippen LogP contribution is -2.28. The molecule has 0 N–H and O–H groups in total. The molecule has 1 aromatic heterocycles. The largest absolute Gasteiger partial charge is 0.534 e. The van der Waals surface area contributed by atoms with Gasteiger partial charge in [0.05, 0.1) is 12.2 Å². The maximum atomic E-state index is 12.5. The van der Waals surface area contributed by atoms with Gasteiger partial charge in [-0.15, -0.1) is 11.3 Å². The summed E-state index contributed by atoms with van der Waals surface area (Å²) in [6.07, 6.45) is 0. The van der Waals surface area contributed by atoms with E-state index in [9.17, 15) is 26.4 Å². The standard InChI is InChI=1S/C13H11F3O5S2/c1-3-20-12(17)8-4-9(21-23(18,19)13(14,15)16)11-7(2)6-22-10(11)5-8/h4-6H,3H2,1-2H3. The molecule has 2 aromatic rings. The van der Waals surface area contributed by atoms with Crippen molar-refractivity contribution in [1.29, 1.82) is 0 Å². The highest BCUT2D eigenvalue weighted by atomic mass is 32.2. The van der Waals surface area contributed by atoms with Crippen molar-refractivity contribution in [3.8, 4) is 5.75 Å². The molecule has 23 heavy (non-hydrogen) atoms. The van der Waals surface area contributed by atoms with Crippen LogP contribution >= 0.6 is 11.3 Å². The summed E-state index contributed by atoms with van der Waals surface area (Å²) in [7, 11) is -5.84. The van der Waals surface area contributed by atoms with Gasteiger partial charge in [0.25, 0.3) is 0 Å². The number of esters is 1. The second-order valence-corrected chi connectivity index (χ2v) is 6.92. The molecule has 0 radical (unpaired) electrons. The zero-order chi connectivity index (χ0) is 17.4. The number of rotatable bonds is 4. The van der Waals surface area contributed by atoms with Gasteiger partial charge in [-0.25, -0.2) is 4.79 Å². The summed E-state index contributed by atoms with van der Waals surface area (Å²) in [5.41, 5.74) is -5.12. The predicted molar refractivity (Wildman–Crippen MR) is 78.1 cm³/mol. The third-order valence-electron chi connectivity index (χ3n) is 2.82. The van der Waals surface area contributed by atoms with Gasteiger partial charge in [0.1, 0.15) is 0 Å². The highest BCUT2D eigenvalue weighted by Gasteiger charge is 2.48. The summed E-state index contributed by atoms with van der Waals surface area (Å²) < 4.78 is 69.5. The minimum Gasteiger partial charge on any atom is -0.462 e. The lowest BCUT2D eigenvalue weighted by atomic mass is 10.1. The first-order valence-corrected chi connectivity index (χ1v) is 8.55. The highest BCUT2D eigenvalue weighted by Crippen LogP contribution is 2.37. The van der Waals surface area contributed by atoms with E-state index in [1.807, 2.05) is 0 Å². The molecule has 10 heteroatoms. The van der Waals surface area contributed by atoms with Crippen molar-refractivity contribution < 1.29 is 35.3 Å². The Morgan fingerprint density at radius 3 is 2.52 bits per heavy atom. The number of alkyl halides is 3. The van der Waals surface area contributed by atoms with Gasteiger partial charge in [-0.3, -0.25) is 0 Å². The van der Waals surface area contributed by atoms with E-state index in [2.05, 4.69) is 4.18 Å². The molecule has 1 heterocycles. The van der Waals surface area contributed by atoms with E-state index >= 15 is 0 Å². The smallest absolute Gasteiger partial charge is 0.462 e. The lowest BCUT2D eigenvalue weighted by Gasteiger charge is -2.12. The molecule has 0 aliphatic heterocycles. The number of halogens is 3. The Hall–Kier alpha value is -1.81. The number of carbonyl (C=O) groups excluding carboxylic acids is 1. The summed E-state index contributed by atoms with van der Waals surface area (Å²) in [5.74, 6) is -1.34. The van der Waals surface area contributed by atoms with Crippen LogP contribution in [0.3, 0.4) is 0 Å². The Morgan fingerprint density at radius 2 is 1.96 bits per heavy atom. The number of aryl methyl sites for hydroxylation is 1. The number of benzene rings is 1. The summed E-state index contributed by atoms with van der Waals surface area (Å²) in [5, 5.41) is 1.82. The molecular weight excluding hydrogens is 357 g/mol. The number of hydrogen-bond acceptors (Lipinski definition) is 6. The minimum atomic E-state index is -5.84. The first-order chi connectivity index (χ1) is 10.6. The van der Waals surface area contributed by atoms with E-state index in [1.54, 1.807) is 19.2 Å². The zero-order valence-electron chi connectivity index (χ0n) is 11.9. The summed E-state index contributed by atoms with van der Waals surface area (Å²) in [6.45, 7) is 3.23. The molecule has 0 fully saturated rings. The van der Waals surface area contributed by atoms with Crippen LogP contribution in [0.2, 0.25) is 0 Å². The molecule has 126 valence electrons. The van der Waals surface area contributed by atoms with Crippen LogP contribution in [0.5, 0.6) is 5.75 Å². The van der Waals surface area contributed by atoms with Gasteiger partial charge in [-0.05, 0) is 36.9 Å². The van der Waals surface area contributed by atoms with Crippen LogP contribution in [0, 0.1) is 6.92 Å². The molecule has 0 unspecified atom stereocenters. The van der Waals surface area contributed by atoms with Crippen LogP contribution in [-0.4, -0.2) is 26.5 Å². The van der Waals surface area contributed by atoms with Crippen molar-refractivity contribution in [2.45, 2.75) is 19.4 Å². The number of fused-ring (bicyclic) bond motifs is 1. The minimum absolute atomic E-state index is 0.0668. The maximum absolute atomic E-state index is 12.5. The average Bonchev–Trinajstić information content (AvgIpc) is 2.79. The molecule has 0 aliphatic carbocycles. The van der Waals surface area contributed by atoms with Crippen molar-refractivity contribution in [2.24, 2.45) is 0 Å². The quantitative estimate of drug-likeness (QED) is 0.468. The molecule has 0 saturated heterocycles. The summed E-state index contributed by atoms with van der Waals surface area (Å²) in [4.78, 5) is 11.8. The highest BCUT2D eigenvalue weighted by molar-refractivity contribution is 7.88. The third-order valence-corrected chi connectivity index (χ3v) is 4.83. The molecule has 0 amide bonds. The van der Waals surface area contributed by atoms with Gasteiger partial charge >= 0.3 is 21.6 Å². The molecule has 5 nitrogen and oxygen atoms in total. The average molecular weight is 368 g/mol. The Labute approximate surface area is 133 Å². The van der Waals surface area contributed by atoms with Crippen molar-refractivity contribution in [2.75, 3.05) is 6.61 Å². The number of hydrogen-bond donors (Lipinski definition) is 0. The summed E-state index contributed by atoms with van der Waals surface area (Å²) in [6, 6.07) is 2.35. The lowest BCUT2D eigenvalue weighted by molar-refractivity contribution is -0.0499. The van der Waals surface area contributed by atoms with Gasteiger partial charge in [0.2, 0.25) is 0 Å². The van der Waals surface area contributed by atoms with E-state index in [0.29, 0.717) is 10.3 Å². The fourth-order valence-corrected chi connectivity index (χ4v) is 3.30. The molecular formula is C13H11F3O5S2. The van der Waals surface area contributed by atoms with Gasteiger partial charge in [0, 0.05) is 10.1 Å². The molecule has 0 atom stereocenters. The van der Waals surface area contributed by atoms with Crippen molar-refractivity contribution >= 4 is 37.5 Å². The van der Waals surface area contributed by atoms with Gasteiger partial charge < -0.3 is 8.92 Å². The molecule has 0 saturated carbocycles. The van der Waals surface area contributed by atoms with Crippen molar-refractivity contribution in [3.63, 3.8) is 0 Å². The summed E-state index contributed by atoms with van der Waals surface area (Å²) >= 11 is 1.15. The molecule has 0 spiro atoms. The number of carbonyl (C=O) groups is 1. The predicted octanol–water partition coefficient (Wildman–Crippen LogP) is 3.61. The van der Waals surface area contributed by atoms with E-state index in [4.69, 9.17) is 4.74 Å². The topological polar surface area (TPSA) is 69.7 Å². The normalized spacial score (nSPS) is 12.4. The van der Waals surface area contributed by atoms with Gasteiger partial charge in [0.15, 0.2) is 5.75 Å². The molecule has 2 rings (SSSR count). The second-order valence-electron chi connectivity index (χ2n) is 4.47. The monoisotopic (exact) mass is 368 g/mol. The van der Waals surface area contributed by atoms with Crippen molar-refractivity contribution in [1.82, 2.24) is 0 Å². The van der Waals surface area contributed by atoms with Crippen LogP contribution in [0.25, 0.3) is 10.1 Å². The van der Waals surface area contributed by atoms with Gasteiger partial charge in [-0.2, -0.15) is 21.6 Å². The van der Waals surface area contributed by atoms with E-state index in [-0.39, 0.29) is 17.6 Å². The molecule has 0 bridgehead atoms. The first-order valence-electron chi connectivity index (χ1n) is 6.26. The SMILES string of the molecule is CCOC(=O)c1cc(OS(=O)(=O)C(F)(F)F)c2c(C)csc2c1. The zero-order valence-corrected chi connectivity index (χ0v) is 13.6. The molecule has 1 aromatic carbocycles. The Kier molecular flexibility index (Phi) is 4.58. The fraction of sp³-hybridized carbons (Fsp3) is 0.308. The van der Waals surface area contributed by atoms with Crippen LogP contribution in [0.4, 0.5) is 13.2 Å². The van der Waals surface area contributed by atoms with Gasteiger partial charge in [-0.1, -0.05) is 0 Å². The fourth-order valence-electron chi connectivity index (χ4n) is 1.85. The van der Waals surface area contributed by atoms with Crippen LogP contribution < -0.4 is 4.18 Å². The Morgan fingerprint density at radius 1 is 1.30 bits per heavy atom. The second kappa shape index (κ2) is 6.00. The van der Waals surface area contributed by atoms with Crippen molar-refractivity contribution in [3.05, 3.63) is 28.6 Å². The Balaban J connectivity index is 2.61.